The molecule has 1 aliphatic rings. The summed E-state index contributed by atoms with van der Waals surface area (Å²) in [7, 11) is -2.21. The van der Waals surface area contributed by atoms with E-state index < -0.39 is 13.2 Å². The summed E-state index contributed by atoms with van der Waals surface area (Å²) in [6.45, 7) is 3.60. The third-order valence-corrected chi connectivity index (χ3v) is 6.49. The maximum atomic E-state index is 12.7. The SMILES string of the molecule is CC(C)OC(=O)Nc1cccc(P2(=O)CCCC2)c1. The van der Waals surface area contributed by atoms with Crippen LogP contribution < -0.4 is 10.6 Å². The number of rotatable bonds is 3. The van der Waals surface area contributed by atoms with Crippen molar-refractivity contribution in [1.29, 1.82) is 0 Å². The van der Waals surface area contributed by atoms with E-state index in [-0.39, 0.29) is 6.10 Å². The van der Waals surface area contributed by atoms with Crippen molar-refractivity contribution in [2.75, 3.05) is 17.6 Å². The number of amides is 1. The maximum Gasteiger partial charge on any atom is 0.411 e. The normalized spacial score (nSPS) is 17.4. The predicted molar refractivity (Wildman–Crippen MR) is 77.9 cm³/mol. The smallest absolute Gasteiger partial charge is 0.411 e. The van der Waals surface area contributed by atoms with Gasteiger partial charge in [0.2, 0.25) is 0 Å². The number of benzene rings is 1. The molecule has 0 unspecified atom stereocenters. The average molecular weight is 281 g/mol. The van der Waals surface area contributed by atoms with Crippen LogP contribution >= 0.6 is 7.14 Å². The van der Waals surface area contributed by atoms with Gasteiger partial charge in [-0.25, -0.2) is 4.79 Å². The first-order valence-electron chi connectivity index (χ1n) is 6.66. The van der Waals surface area contributed by atoms with E-state index in [0.717, 1.165) is 30.5 Å². The summed E-state index contributed by atoms with van der Waals surface area (Å²) in [6, 6.07) is 7.32. The fourth-order valence-corrected chi connectivity index (χ4v) is 5.24. The molecule has 4 nitrogen and oxygen atoms in total. The van der Waals surface area contributed by atoms with Crippen molar-refractivity contribution in [3.63, 3.8) is 0 Å². The van der Waals surface area contributed by atoms with Crippen molar-refractivity contribution in [2.45, 2.75) is 32.8 Å². The van der Waals surface area contributed by atoms with Crippen LogP contribution in [0.3, 0.4) is 0 Å². The Kier molecular flexibility index (Phi) is 4.31. The standard InChI is InChI=1S/C14H20NO3P/c1-11(2)18-14(16)15-12-6-5-7-13(10-12)19(17)8-3-4-9-19/h5-7,10-11H,3-4,8-9H2,1-2H3,(H,15,16). The van der Waals surface area contributed by atoms with E-state index in [9.17, 15) is 9.36 Å². The zero-order valence-corrected chi connectivity index (χ0v) is 12.3. The van der Waals surface area contributed by atoms with E-state index >= 15 is 0 Å². The van der Waals surface area contributed by atoms with Crippen molar-refractivity contribution in [3.8, 4) is 0 Å². The van der Waals surface area contributed by atoms with Crippen LogP contribution in [-0.2, 0) is 9.30 Å². The second-order valence-electron chi connectivity index (χ2n) is 5.17. The van der Waals surface area contributed by atoms with Gasteiger partial charge in [0.05, 0.1) is 6.10 Å². The fourth-order valence-electron chi connectivity index (χ4n) is 2.30. The summed E-state index contributed by atoms with van der Waals surface area (Å²) in [5.41, 5.74) is 0.644. The molecular weight excluding hydrogens is 261 g/mol. The van der Waals surface area contributed by atoms with E-state index in [0.29, 0.717) is 5.69 Å². The van der Waals surface area contributed by atoms with E-state index in [4.69, 9.17) is 4.74 Å². The van der Waals surface area contributed by atoms with E-state index in [1.165, 1.54) is 0 Å². The molecular formula is C14H20NO3P. The summed E-state index contributed by atoms with van der Waals surface area (Å²) in [5.74, 6) is 0. The molecule has 0 spiro atoms. The fraction of sp³-hybridized carbons (Fsp3) is 0.500. The zero-order valence-electron chi connectivity index (χ0n) is 11.4. The van der Waals surface area contributed by atoms with Crippen molar-refractivity contribution in [1.82, 2.24) is 0 Å². The van der Waals surface area contributed by atoms with Crippen molar-refractivity contribution in [3.05, 3.63) is 24.3 Å². The summed E-state index contributed by atoms with van der Waals surface area (Å²) in [6.07, 6.45) is 3.00. The molecule has 0 aliphatic carbocycles. The quantitative estimate of drug-likeness (QED) is 0.864. The Hall–Kier alpha value is -1.28. The number of nitrogens with one attached hydrogen (secondary N) is 1. The van der Waals surface area contributed by atoms with Crippen LogP contribution in [0.2, 0.25) is 0 Å². The molecule has 0 aromatic heterocycles. The van der Waals surface area contributed by atoms with Crippen LogP contribution in [0.25, 0.3) is 0 Å². The minimum Gasteiger partial charge on any atom is -0.447 e. The lowest BCUT2D eigenvalue weighted by Crippen LogP contribution is -2.19. The second kappa shape index (κ2) is 5.79. The van der Waals surface area contributed by atoms with Crippen LogP contribution in [-0.4, -0.2) is 24.5 Å². The highest BCUT2D eigenvalue weighted by molar-refractivity contribution is 7.71. The number of anilines is 1. The van der Waals surface area contributed by atoms with Crippen LogP contribution in [0, 0.1) is 0 Å². The Morgan fingerprint density at radius 2 is 2.00 bits per heavy atom. The molecule has 1 aromatic carbocycles. The van der Waals surface area contributed by atoms with Gasteiger partial charge in [0.25, 0.3) is 0 Å². The molecule has 0 saturated carbocycles. The number of ether oxygens (including phenoxy) is 1. The van der Waals surface area contributed by atoms with Crippen molar-refractivity contribution >= 4 is 24.2 Å². The highest BCUT2D eigenvalue weighted by Gasteiger charge is 2.29. The Bertz CT molecular complexity index is 503. The first-order valence-corrected chi connectivity index (χ1v) is 8.74. The molecule has 1 fully saturated rings. The molecule has 5 heteroatoms. The lowest BCUT2D eigenvalue weighted by atomic mass is 10.3. The average Bonchev–Trinajstić information content (AvgIpc) is 2.77. The molecule has 1 saturated heterocycles. The van der Waals surface area contributed by atoms with Crippen LogP contribution in [0.5, 0.6) is 0 Å². The van der Waals surface area contributed by atoms with Gasteiger partial charge in [0.15, 0.2) is 0 Å². The molecule has 1 aromatic rings. The number of hydrogen-bond acceptors (Lipinski definition) is 3. The van der Waals surface area contributed by atoms with Gasteiger partial charge >= 0.3 is 6.09 Å². The van der Waals surface area contributed by atoms with E-state index in [1.807, 2.05) is 18.2 Å². The summed E-state index contributed by atoms with van der Waals surface area (Å²) in [4.78, 5) is 11.5. The second-order valence-corrected chi connectivity index (χ2v) is 8.36. The largest absolute Gasteiger partial charge is 0.447 e. The molecule has 1 aliphatic heterocycles. The summed E-state index contributed by atoms with van der Waals surface area (Å²) < 4.78 is 17.7. The maximum absolute atomic E-state index is 12.7. The number of hydrogen-bond donors (Lipinski definition) is 1. The predicted octanol–water partition coefficient (Wildman–Crippen LogP) is 3.43. The first-order chi connectivity index (χ1) is 8.99. The molecule has 19 heavy (non-hydrogen) atoms. The molecule has 1 amide bonds. The topological polar surface area (TPSA) is 55.4 Å². The Morgan fingerprint density at radius 1 is 1.32 bits per heavy atom. The molecule has 0 bridgehead atoms. The van der Waals surface area contributed by atoms with E-state index in [2.05, 4.69) is 5.32 Å². The lowest BCUT2D eigenvalue weighted by molar-refractivity contribution is 0.130. The van der Waals surface area contributed by atoms with Gasteiger partial charge in [0.1, 0.15) is 7.14 Å². The van der Waals surface area contributed by atoms with Crippen LogP contribution in [0.1, 0.15) is 26.7 Å². The third-order valence-electron chi connectivity index (χ3n) is 3.19. The summed E-state index contributed by atoms with van der Waals surface area (Å²) >= 11 is 0. The Morgan fingerprint density at radius 3 is 2.63 bits per heavy atom. The van der Waals surface area contributed by atoms with Crippen LogP contribution in [0.15, 0.2) is 24.3 Å². The zero-order chi connectivity index (χ0) is 13.9. The van der Waals surface area contributed by atoms with Crippen molar-refractivity contribution in [2.24, 2.45) is 0 Å². The van der Waals surface area contributed by atoms with Gasteiger partial charge in [-0.3, -0.25) is 5.32 Å². The molecule has 0 radical (unpaired) electrons. The Balaban J connectivity index is 2.11. The minimum absolute atomic E-state index is 0.156. The van der Waals surface area contributed by atoms with Gasteiger partial charge in [-0.1, -0.05) is 12.1 Å². The molecule has 0 atom stereocenters. The summed E-state index contributed by atoms with van der Waals surface area (Å²) in [5, 5.41) is 3.54. The van der Waals surface area contributed by atoms with Crippen LogP contribution in [0.4, 0.5) is 10.5 Å². The van der Waals surface area contributed by atoms with E-state index in [1.54, 1.807) is 19.9 Å². The molecule has 1 heterocycles. The van der Waals surface area contributed by atoms with Gasteiger partial charge in [-0.05, 0) is 38.8 Å². The number of carbonyl (C=O) groups excluding carboxylic acids is 1. The number of carbonyl (C=O) groups is 1. The minimum atomic E-state index is -2.21. The first kappa shape index (κ1) is 14.1. The van der Waals surface area contributed by atoms with Gasteiger partial charge in [-0.2, -0.15) is 0 Å². The monoisotopic (exact) mass is 281 g/mol. The molecule has 2 rings (SSSR count). The van der Waals surface area contributed by atoms with Gasteiger partial charge in [-0.15, -0.1) is 0 Å². The Labute approximate surface area is 113 Å². The molecule has 104 valence electrons. The highest BCUT2D eigenvalue weighted by Crippen LogP contribution is 2.51. The highest BCUT2D eigenvalue weighted by atomic mass is 31.2. The molecule has 1 N–H and O–H groups in total. The third kappa shape index (κ3) is 3.60. The van der Waals surface area contributed by atoms with Crippen molar-refractivity contribution < 1.29 is 14.1 Å². The lowest BCUT2D eigenvalue weighted by Gasteiger charge is -2.14. The van der Waals surface area contributed by atoms with Gasteiger partial charge < -0.3 is 9.30 Å². The van der Waals surface area contributed by atoms with Gasteiger partial charge in [0, 0.05) is 23.3 Å².